The van der Waals surface area contributed by atoms with Gasteiger partial charge in [-0.1, -0.05) is 32.4 Å². The second-order valence-electron chi connectivity index (χ2n) is 4.48. The molecule has 1 aromatic rings. The van der Waals surface area contributed by atoms with Gasteiger partial charge in [0.2, 0.25) is 0 Å². The number of hydrogen-bond donors (Lipinski definition) is 1. The molecule has 1 rings (SSSR count). The summed E-state index contributed by atoms with van der Waals surface area (Å²) in [5.74, 6) is 0.443. The number of aryl methyl sites for hydroxylation is 1. The number of allylic oxidation sites excluding steroid dienone is 2. The summed E-state index contributed by atoms with van der Waals surface area (Å²) in [5.41, 5.74) is 3.89. The predicted molar refractivity (Wildman–Crippen MR) is 72.8 cm³/mol. The fourth-order valence-corrected chi connectivity index (χ4v) is 1.63. The molecule has 0 radical (unpaired) electrons. The first-order valence-corrected chi connectivity index (χ1v) is 6.04. The Bertz CT molecular complexity index is 425. The van der Waals surface area contributed by atoms with Crippen molar-refractivity contribution in [1.82, 2.24) is 0 Å². The Labute approximate surface area is 134 Å². The van der Waals surface area contributed by atoms with Crippen molar-refractivity contribution in [3.05, 3.63) is 41.1 Å². The second-order valence-corrected chi connectivity index (χ2v) is 4.48. The van der Waals surface area contributed by atoms with Crippen LogP contribution >= 0.6 is 0 Å². The van der Waals surface area contributed by atoms with E-state index in [1.54, 1.807) is 6.07 Å². The van der Waals surface area contributed by atoms with Crippen molar-refractivity contribution in [3.63, 3.8) is 0 Å². The maximum Gasteiger partial charge on any atom is 0.0627 e. The topological polar surface area (TPSA) is 29.1 Å². The van der Waals surface area contributed by atoms with Gasteiger partial charge in [-0.25, -0.2) is 0 Å². The standard InChI is InChI=1S/C15H20NO.U/c1-5-6-14(11(2)3)16-15-9-13(10-17)8-7-12(15)4;/h6-9,11,16H,5H2,1-4H3;/q-1;/b14-6+;. The van der Waals surface area contributed by atoms with Crippen molar-refractivity contribution < 1.29 is 35.9 Å². The number of carbonyl (C=O) groups excluding carboxylic acids is 1. The molecular formula is C15H20NOU-. The van der Waals surface area contributed by atoms with Gasteiger partial charge < -0.3 is 10.1 Å². The number of rotatable bonds is 5. The summed E-state index contributed by atoms with van der Waals surface area (Å²) in [4.78, 5) is 10.6. The van der Waals surface area contributed by atoms with Crippen LogP contribution < -0.4 is 5.32 Å². The molecule has 0 fully saturated rings. The van der Waals surface area contributed by atoms with Gasteiger partial charge in [0.25, 0.3) is 0 Å². The zero-order valence-corrected chi connectivity index (χ0v) is 15.7. The van der Waals surface area contributed by atoms with Crippen LogP contribution in [0.2, 0.25) is 0 Å². The van der Waals surface area contributed by atoms with Crippen LogP contribution in [0, 0.1) is 44.0 Å². The van der Waals surface area contributed by atoms with Gasteiger partial charge in [0, 0.05) is 36.8 Å². The van der Waals surface area contributed by atoms with Crippen molar-refractivity contribution in [1.29, 1.82) is 0 Å². The second kappa shape index (κ2) is 8.56. The zero-order chi connectivity index (χ0) is 12.8. The molecule has 2 nitrogen and oxygen atoms in total. The minimum absolute atomic E-state index is 0. The first kappa shape index (κ1) is 17.5. The Morgan fingerprint density at radius 1 is 1.44 bits per heavy atom. The average Bonchev–Trinajstić information content (AvgIpc) is 2.31. The molecular weight excluding hydrogens is 448 g/mol. The Hall–Kier alpha value is -0.518. The molecule has 0 bridgehead atoms. The van der Waals surface area contributed by atoms with Gasteiger partial charge in [0.15, 0.2) is 0 Å². The fraction of sp³-hybridized carbons (Fsp3) is 0.400. The molecule has 0 aliphatic carbocycles. The Morgan fingerprint density at radius 3 is 2.61 bits per heavy atom. The predicted octanol–water partition coefficient (Wildman–Crippen LogP) is 3.81. The third-order valence-electron chi connectivity index (χ3n) is 2.68. The maximum absolute atomic E-state index is 10.6. The molecule has 0 atom stereocenters. The van der Waals surface area contributed by atoms with Gasteiger partial charge in [-0.05, 0) is 24.9 Å². The fourth-order valence-electron chi connectivity index (χ4n) is 1.63. The summed E-state index contributed by atoms with van der Waals surface area (Å²) < 4.78 is 0. The van der Waals surface area contributed by atoms with Crippen LogP contribution in [0.25, 0.3) is 0 Å². The monoisotopic (exact) mass is 468 g/mol. The normalized spacial score (nSPS) is 11.1. The van der Waals surface area contributed by atoms with Gasteiger partial charge >= 0.3 is 0 Å². The SMILES string of the molecule is CC/C=C(/Nc1cc([C-]=O)ccc1C)C(C)C.[U]. The van der Waals surface area contributed by atoms with E-state index in [-0.39, 0.29) is 31.1 Å². The summed E-state index contributed by atoms with van der Waals surface area (Å²) in [6, 6.07) is 5.56. The van der Waals surface area contributed by atoms with Gasteiger partial charge in [-0.3, -0.25) is 0 Å². The molecule has 0 aromatic heterocycles. The van der Waals surface area contributed by atoms with E-state index in [0.717, 1.165) is 17.7 Å². The third kappa shape index (κ3) is 5.00. The van der Waals surface area contributed by atoms with Crippen LogP contribution in [-0.2, 0) is 4.79 Å². The van der Waals surface area contributed by atoms with E-state index in [2.05, 4.69) is 32.2 Å². The minimum atomic E-state index is 0. The number of benzene rings is 1. The van der Waals surface area contributed by atoms with Crippen molar-refractivity contribution in [3.8, 4) is 0 Å². The van der Waals surface area contributed by atoms with E-state index in [1.165, 1.54) is 5.70 Å². The van der Waals surface area contributed by atoms with Gasteiger partial charge in [-0.2, -0.15) is 6.07 Å². The van der Waals surface area contributed by atoms with E-state index < -0.39 is 0 Å². The van der Waals surface area contributed by atoms with Crippen LogP contribution in [0.3, 0.4) is 0 Å². The molecule has 18 heavy (non-hydrogen) atoms. The molecule has 0 spiro atoms. The van der Waals surface area contributed by atoms with Gasteiger partial charge in [0.1, 0.15) is 0 Å². The molecule has 1 N–H and O–H groups in total. The van der Waals surface area contributed by atoms with Crippen LogP contribution in [0.5, 0.6) is 0 Å². The zero-order valence-electron chi connectivity index (χ0n) is 11.5. The average molecular weight is 468 g/mol. The van der Waals surface area contributed by atoms with Crippen molar-refractivity contribution in [2.24, 2.45) is 5.92 Å². The van der Waals surface area contributed by atoms with E-state index in [4.69, 9.17) is 0 Å². The van der Waals surface area contributed by atoms with E-state index in [1.807, 2.05) is 25.3 Å². The number of hydrogen-bond acceptors (Lipinski definition) is 2. The maximum atomic E-state index is 10.6. The van der Waals surface area contributed by atoms with E-state index in [9.17, 15) is 4.79 Å². The molecule has 0 amide bonds. The molecule has 3 heteroatoms. The van der Waals surface area contributed by atoms with E-state index >= 15 is 0 Å². The summed E-state index contributed by atoms with van der Waals surface area (Å²) in [5, 5.41) is 3.40. The molecule has 0 saturated carbocycles. The Kier molecular flexibility index (Phi) is 8.31. The Morgan fingerprint density at radius 2 is 2.11 bits per heavy atom. The third-order valence-corrected chi connectivity index (χ3v) is 2.68. The molecule has 0 saturated heterocycles. The summed E-state index contributed by atoms with van der Waals surface area (Å²) in [6.45, 7) is 8.45. The van der Waals surface area contributed by atoms with Crippen LogP contribution in [0.4, 0.5) is 5.69 Å². The van der Waals surface area contributed by atoms with Crippen molar-refractivity contribution in [2.45, 2.75) is 34.1 Å². The van der Waals surface area contributed by atoms with E-state index in [0.29, 0.717) is 11.5 Å². The molecule has 96 valence electrons. The molecule has 0 heterocycles. The van der Waals surface area contributed by atoms with Gasteiger partial charge in [-0.15, -0.1) is 17.7 Å². The smallest absolute Gasteiger partial charge is 0.0627 e. The molecule has 1 aromatic carbocycles. The van der Waals surface area contributed by atoms with Crippen molar-refractivity contribution >= 4 is 12.0 Å². The number of anilines is 1. The summed E-state index contributed by atoms with van der Waals surface area (Å²) in [7, 11) is 0. The molecule has 0 aliphatic heterocycles. The quantitative estimate of drug-likeness (QED) is 0.667. The van der Waals surface area contributed by atoms with Crippen LogP contribution in [-0.4, -0.2) is 6.29 Å². The van der Waals surface area contributed by atoms with Gasteiger partial charge in [0.05, 0.1) is 6.29 Å². The Balaban J connectivity index is 0.00000289. The number of nitrogens with one attached hydrogen (secondary N) is 1. The largest absolute Gasteiger partial charge is 0.376 e. The first-order chi connectivity index (χ1) is 8.08. The minimum Gasteiger partial charge on any atom is -0.376 e. The first-order valence-electron chi connectivity index (χ1n) is 6.04. The summed E-state index contributed by atoms with van der Waals surface area (Å²) >= 11 is 0. The summed E-state index contributed by atoms with van der Waals surface area (Å²) in [6.07, 6.45) is 5.10. The van der Waals surface area contributed by atoms with Crippen molar-refractivity contribution in [2.75, 3.05) is 5.32 Å². The van der Waals surface area contributed by atoms with Crippen LogP contribution in [0.1, 0.15) is 38.3 Å². The molecule has 0 aliphatic rings. The van der Waals surface area contributed by atoms with Crippen LogP contribution in [0.15, 0.2) is 30.0 Å². The molecule has 0 unspecified atom stereocenters.